The first kappa shape index (κ1) is 13.7. The number of nitrogens with zero attached hydrogens (tertiary/aromatic N) is 1. The lowest BCUT2D eigenvalue weighted by atomic mass is 10.1. The van der Waals surface area contributed by atoms with Crippen LogP contribution in [0.1, 0.15) is 24.8 Å². The van der Waals surface area contributed by atoms with Crippen LogP contribution >= 0.6 is 0 Å². The van der Waals surface area contributed by atoms with Gasteiger partial charge in [0.05, 0.1) is 6.10 Å². The number of para-hydroxylation sites is 1. The van der Waals surface area contributed by atoms with Gasteiger partial charge in [-0.25, -0.2) is 0 Å². The van der Waals surface area contributed by atoms with Gasteiger partial charge in [-0.3, -0.25) is 0 Å². The first-order valence-corrected chi connectivity index (χ1v) is 7.67. The van der Waals surface area contributed by atoms with Crippen molar-refractivity contribution in [2.75, 3.05) is 26.7 Å². The topological polar surface area (TPSA) is 28.3 Å². The summed E-state index contributed by atoms with van der Waals surface area (Å²) in [5, 5.41) is 1.38. The number of benzene rings is 1. The molecule has 1 aliphatic heterocycles. The fourth-order valence-electron chi connectivity index (χ4n) is 3.20. The highest BCUT2D eigenvalue weighted by molar-refractivity contribution is 5.82. The minimum absolute atomic E-state index is 0.486. The maximum absolute atomic E-state index is 5.42. The molecule has 1 aliphatic rings. The van der Waals surface area contributed by atoms with Crippen molar-refractivity contribution in [1.82, 2.24) is 9.88 Å². The van der Waals surface area contributed by atoms with Crippen molar-refractivity contribution in [3.63, 3.8) is 0 Å². The van der Waals surface area contributed by atoms with E-state index in [2.05, 4.69) is 40.3 Å². The van der Waals surface area contributed by atoms with E-state index >= 15 is 0 Å². The molecule has 0 bridgehead atoms. The maximum Gasteiger partial charge on any atom is 0.0595 e. The molecule has 108 valence electrons. The summed E-state index contributed by atoms with van der Waals surface area (Å²) in [4.78, 5) is 5.93. The lowest BCUT2D eigenvalue weighted by molar-refractivity contribution is 0.0409. The van der Waals surface area contributed by atoms with E-state index in [0.29, 0.717) is 6.10 Å². The molecular formula is C17H24N2O. The van der Waals surface area contributed by atoms with Crippen molar-refractivity contribution in [3.05, 3.63) is 36.0 Å². The Hall–Kier alpha value is -1.32. The van der Waals surface area contributed by atoms with Crippen molar-refractivity contribution < 1.29 is 4.74 Å². The average molecular weight is 272 g/mol. The molecule has 0 spiro atoms. The number of H-pyrrole nitrogens is 1. The van der Waals surface area contributed by atoms with Gasteiger partial charge in [-0.05, 0) is 43.9 Å². The van der Waals surface area contributed by atoms with Gasteiger partial charge in [0.25, 0.3) is 0 Å². The van der Waals surface area contributed by atoms with Gasteiger partial charge in [-0.15, -0.1) is 0 Å². The summed E-state index contributed by atoms with van der Waals surface area (Å²) in [5.41, 5.74) is 2.70. The van der Waals surface area contributed by atoms with Crippen LogP contribution in [0.5, 0.6) is 0 Å². The SMILES string of the molecule is COC1CCN(CCCc2c[nH]c3ccccc23)CC1. The monoisotopic (exact) mass is 272 g/mol. The Kier molecular flexibility index (Phi) is 4.38. The molecule has 3 rings (SSSR count). The standard InChI is InChI=1S/C17H24N2O/c1-20-15-8-11-19(12-9-15)10-4-5-14-13-18-17-7-3-2-6-16(14)17/h2-3,6-7,13,15,18H,4-5,8-12H2,1H3. The zero-order valence-corrected chi connectivity index (χ0v) is 12.3. The minimum Gasteiger partial charge on any atom is -0.381 e. The van der Waals surface area contributed by atoms with Crippen molar-refractivity contribution in [1.29, 1.82) is 0 Å². The molecule has 0 atom stereocenters. The quantitative estimate of drug-likeness (QED) is 0.905. The maximum atomic E-state index is 5.42. The summed E-state index contributed by atoms with van der Waals surface area (Å²) in [6.07, 6.45) is 7.42. The van der Waals surface area contributed by atoms with Crippen LogP contribution in [0.4, 0.5) is 0 Å². The number of aromatic nitrogens is 1. The van der Waals surface area contributed by atoms with E-state index in [1.165, 1.54) is 55.4 Å². The average Bonchev–Trinajstić information content (AvgIpc) is 2.92. The van der Waals surface area contributed by atoms with Crippen LogP contribution in [0.2, 0.25) is 0 Å². The van der Waals surface area contributed by atoms with Gasteiger partial charge >= 0.3 is 0 Å². The van der Waals surface area contributed by atoms with Gasteiger partial charge in [0.2, 0.25) is 0 Å². The Morgan fingerprint density at radius 1 is 1.25 bits per heavy atom. The van der Waals surface area contributed by atoms with Gasteiger partial charge in [0.1, 0.15) is 0 Å². The molecule has 0 radical (unpaired) electrons. The van der Waals surface area contributed by atoms with E-state index in [9.17, 15) is 0 Å². The van der Waals surface area contributed by atoms with Gasteiger partial charge in [-0.1, -0.05) is 18.2 Å². The number of likely N-dealkylation sites (tertiary alicyclic amines) is 1. The molecule has 0 saturated carbocycles. The van der Waals surface area contributed by atoms with Crippen molar-refractivity contribution >= 4 is 10.9 Å². The van der Waals surface area contributed by atoms with E-state index < -0.39 is 0 Å². The minimum atomic E-state index is 0.486. The van der Waals surface area contributed by atoms with Crippen LogP contribution in [0.3, 0.4) is 0 Å². The highest BCUT2D eigenvalue weighted by Crippen LogP contribution is 2.19. The van der Waals surface area contributed by atoms with E-state index in [1.807, 2.05) is 7.11 Å². The number of ether oxygens (including phenoxy) is 1. The molecule has 1 aromatic heterocycles. The molecule has 2 heterocycles. The number of methoxy groups -OCH3 is 1. The van der Waals surface area contributed by atoms with Crippen LogP contribution in [0.25, 0.3) is 10.9 Å². The largest absolute Gasteiger partial charge is 0.381 e. The van der Waals surface area contributed by atoms with Crippen LogP contribution < -0.4 is 0 Å². The Morgan fingerprint density at radius 2 is 2.05 bits per heavy atom. The predicted octanol–water partition coefficient (Wildman–Crippen LogP) is 3.21. The normalized spacial score (nSPS) is 17.9. The van der Waals surface area contributed by atoms with E-state index in [-0.39, 0.29) is 0 Å². The summed E-state index contributed by atoms with van der Waals surface area (Å²) in [5.74, 6) is 0. The molecular weight excluding hydrogens is 248 g/mol. The lowest BCUT2D eigenvalue weighted by Crippen LogP contribution is -2.37. The molecule has 3 heteroatoms. The van der Waals surface area contributed by atoms with Gasteiger partial charge in [0, 0.05) is 37.3 Å². The number of aryl methyl sites for hydroxylation is 1. The van der Waals surface area contributed by atoms with E-state index in [0.717, 1.165) is 6.42 Å². The second-order valence-electron chi connectivity index (χ2n) is 5.74. The van der Waals surface area contributed by atoms with Gasteiger partial charge < -0.3 is 14.6 Å². The summed E-state index contributed by atoms with van der Waals surface area (Å²) >= 11 is 0. The Morgan fingerprint density at radius 3 is 2.85 bits per heavy atom. The molecule has 1 aromatic carbocycles. The molecule has 0 aliphatic carbocycles. The van der Waals surface area contributed by atoms with Crippen LogP contribution in [0.15, 0.2) is 30.5 Å². The number of hydrogen-bond acceptors (Lipinski definition) is 2. The van der Waals surface area contributed by atoms with E-state index in [4.69, 9.17) is 4.74 Å². The zero-order chi connectivity index (χ0) is 13.8. The van der Waals surface area contributed by atoms with Crippen molar-refractivity contribution in [2.24, 2.45) is 0 Å². The lowest BCUT2D eigenvalue weighted by Gasteiger charge is -2.31. The molecule has 0 amide bonds. The fraction of sp³-hybridized carbons (Fsp3) is 0.529. The summed E-state index contributed by atoms with van der Waals surface area (Å²) in [6, 6.07) is 8.57. The third kappa shape index (κ3) is 3.05. The van der Waals surface area contributed by atoms with Crippen LogP contribution in [-0.4, -0.2) is 42.7 Å². The Labute approximate surface area is 120 Å². The molecule has 1 saturated heterocycles. The number of piperidine rings is 1. The fourth-order valence-corrected chi connectivity index (χ4v) is 3.20. The second kappa shape index (κ2) is 6.42. The van der Waals surface area contributed by atoms with Crippen LogP contribution in [0, 0.1) is 0 Å². The number of nitrogens with one attached hydrogen (secondary N) is 1. The molecule has 1 N–H and O–H groups in total. The van der Waals surface area contributed by atoms with E-state index in [1.54, 1.807) is 0 Å². The molecule has 3 nitrogen and oxygen atoms in total. The summed E-state index contributed by atoms with van der Waals surface area (Å²) in [6.45, 7) is 3.58. The highest BCUT2D eigenvalue weighted by Gasteiger charge is 2.17. The zero-order valence-electron chi connectivity index (χ0n) is 12.3. The molecule has 20 heavy (non-hydrogen) atoms. The molecule has 2 aromatic rings. The predicted molar refractivity (Wildman–Crippen MR) is 83.1 cm³/mol. The van der Waals surface area contributed by atoms with Crippen LogP contribution in [-0.2, 0) is 11.2 Å². The number of aromatic amines is 1. The smallest absolute Gasteiger partial charge is 0.0595 e. The molecule has 0 unspecified atom stereocenters. The van der Waals surface area contributed by atoms with Gasteiger partial charge in [0.15, 0.2) is 0 Å². The third-order valence-corrected chi connectivity index (χ3v) is 4.46. The van der Waals surface area contributed by atoms with Crippen molar-refractivity contribution in [3.8, 4) is 0 Å². The highest BCUT2D eigenvalue weighted by atomic mass is 16.5. The third-order valence-electron chi connectivity index (χ3n) is 4.46. The Balaban J connectivity index is 1.48. The van der Waals surface area contributed by atoms with Crippen molar-refractivity contribution in [2.45, 2.75) is 31.8 Å². The summed E-state index contributed by atoms with van der Waals surface area (Å²) in [7, 11) is 1.83. The number of hydrogen-bond donors (Lipinski definition) is 1. The number of rotatable bonds is 5. The molecule has 1 fully saturated rings. The first-order chi connectivity index (χ1) is 9.86. The van der Waals surface area contributed by atoms with Gasteiger partial charge in [-0.2, -0.15) is 0 Å². The second-order valence-corrected chi connectivity index (χ2v) is 5.74. The number of fused-ring (bicyclic) bond motifs is 1. The first-order valence-electron chi connectivity index (χ1n) is 7.67. The summed E-state index contributed by atoms with van der Waals surface area (Å²) < 4.78 is 5.42. The Bertz CT molecular complexity index is 541.